The Bertz CT molecular complexity index is 224. The third kappa shape index (κ3) is 4.37. The number of rotatable bonds is 5. The van der Waals surface area contributed by atoms with E-state index in [9.17, 15) is 0 Å². The zero-order valence-corrected chi connectivity index (χ0v) is 10.4. The standard InChI is InChI=1S/C11H24N4O/c1-14-8-5-10(6-9-14)15(2)7-3-4-11(12)13-16/h10,16H,3-9H2,1-2H3,(H2,12,13). The first kappa shape index (κ1) is 13.3. The van der Waals surface area contributed by atoms with Gasteiger partial charge in [0.05, 0.1) is 0 Å². The summed E-state index contributed by atoms with van der Waals surface area (Å²) in [5.41, 5.74) is 5.43. The van der Waals surface area contributed by atoms with Crippen LogP contribution in [0.2, 0.25) is 0 Å². The van der Waals surface area contributed by atoms with Crippen molar-refractivity contribution in [2.75, 3.05) is 33.7 Å². The largest absolute Gasteiger partial charge is 0.409 e. The van der Waals surface area contributed by atoms with Gasteiger partial charge in [-0.3, -0.25) is 0 Å². The first-order valence-corrected chi connectivity index (χ1v) is 5.98. The summed E-state index contributed by atoms with van der Waals surface area (Å²) in [6.07, 6.45) is 4.12. The molecule has 94 valence electrons. The molecule has 1 saturated heterocycles. The molecule has 0 saturated carbocycles. The number of hydrogen-bond acceptors (Lipinski definition) is 4. The van der Waals surface area contributed by atoms with Crippen LogP contribution in [0.1, 0.15) is 25.7 Å². The first-order chi connectivity index (χ1) is 7.63. The van der Waals surface area contributed by atoms with E-state index < -0.39 is 0 Å². The number of likely N-dealkylation sites (tertiary alicyclic amines) is 1. The summed E-state index contributed by atoms with van der Waals surface area (Å²) in [6, 6.07) is 0.698. The van der Waals surface area contributed by atoms with Crippen LogP contribution < -0.4 is 5.73 Å². The maximum atomic E-state index is 8.42. The van der Waals surface area contributed by atoms with Crippen LogP contribution in [0.5, 0.6) is 0 Å². The molecular weight excluding hydrogens is 204 g/mol. The van der Waals surface area contributed by atoms with Crippen molar-refractivity contribution in [3.63, 3.8) is 0 Å². The average Bonchev–Trinajstić information content (AvgIpc) is 2.29. The molecule has 16 heavy (non-hydrogen) atoms. The molecule has 0 aromatic heterocycles. The smallest absolute Gasteiger partial charge is 0.139 e. The van der Waals surface area contributed by atoms with Gasteiger partial charge < -0.3 is 20.7 Å². The van der Waals surface area contributed by atoms with Gasteiger partial charge >= 0.3 is 0 Å². The second-order valence-corrected chi connectivity index (χ2v) is 4.71. The highest BCUT2D eigenvalue weighted by Gasteiger charge is 2.19. The van der Waals surface area contributed by atoms with Gasteiger partial charge in [-0.05, 0) is 53.0 Å². The Kier molecular flexibility index (Phi) is 5.55. The van der Waals surface area contributed by atoms with Crippen LogP contribution in [0.15, 0.2) is 5.16 Å². The minimum Gasteiger partial charge on any atom is -0.409 e. The maximum absolute atomic E-state index is 8.42. The second-order valence-electron chi connectivity index (χ2n) is 4.71. The van der Waals surface area contributed by atoms with Crippen LogP contribution in [0.3, 0.4) is 0 Å². The monoisotopic (exact) mass is 228 g/mol. The topological polar surface area (TPSA) is 65.1 Å². The fourth-order valence-electron chi connectivity index (χ4n) is 2.18. The lowest BCUT2D eigenvalue weighted by Gasteiger charge is -2.35. The van der Waals surface area contributed by atoms with E-state index in [0.717, 1.165) is 13.0 Å². The Balaban J connectivity index is 2.17. The van der Waals surface area contributed by atoms with E-state index in [-0.39, 0.29) is 0 Å². The Morgan fingerprint density at radius 3 is 2.69 bits per heavy atom. The van der Waals surface area contributed by atoms with E-state index in [0.29, 0.717) is 18.3 Å². The Hall–Kier alpha value is -0.810. The van der Waals surface area contributed by atoms with Crippen molar-refractivity contribution >= 4 is 5.84 Å². The third-order valence-electron chi connectivity index (χ3n) is 3.38. The summed E-state index contributed by atoms with van der Waals surface area (Å²) in [5.74, 6) is 0.330. The van der Waals surface area contributed by atoms with E-state index in [1.165, 1.54) is 25.9 Å². The molecule has 0 spiro atoms. The molecule has 1 rings (SSSR count). The fourth-order valence-corrected chi connectivity index (χ4v) is 2.18. The van der Waals surface area contributed by atoms with Gasteiger partial charge in [0.15, 0.2) is 0 Å². The van der Waals surface area contributed by atoms with E-state index in [1.807, 2.05) is 0 Å². The summed E-state index contributed by atoms with van der Waals surface area (Å²) in [7, 11) is 4.34. The molecule has 1 heterocycles. The number of oxime groups is 1. The summed E-state index contributed by atoms with van der Waals surface area (Å²) >= 11 is 0. The molecule has 0 atom stereocenters. The normalized spacial score (nSPS) is 20.6. The highest BCUT2D eigenvalue weighted by atomic mass is 16.4. The minimum absolute atomic E-state index is 0.330. The zero-order valence-electron chi connectivity index (χ0n) is 10.4. The molecule has 0 amide bonds. The van der Waals surface area contributed by atoms with Gasteiger partial charge in [-0.15, -0.1) is 0 Å². The SMILES string of the molecule is CN1CCC(N(C)CCC/C(N)=N/O)CC1. The number of hydrogen-bond donors (Lipinski definition) is 2. The molecular formula is C11H24N4O. The zero-order chi connectivity index (χ0) is 12.0. The van der Waals surface area contributed by atoms with E-state index in [1.54, 1.807) is 0 Å². The summed E-state index contributed by atoms with van der Waals surface area (Å²) in [4.78, 5) is 4.78. The van der Waals surface area contributed by atoms with Gasteiger partial charge in [-0.1, -0.05) is 5.16 Å². The Morgan fingerprint density at radius 2 is 2.12 bits per heavy atom. The molecule has 0 aromatic carbocycles. The van der Waals surface area contributed by atoms with Crippen LogP contribution in [0.4, 0.5) is 0 Å². The molecule has 0 aromatic rings. The lowest BCUT2D eigenvalue weighted by molar-refractivity contribution is 0.144. The van der Waals surface area contributed by atoms with Gasteiger partial charge in [-0.25, -0.2) is 0 Å². The van der Waals surface area contributed by atoms with Crippen molar-refractivity contribution in [3.05, 3.63) is 0 Å². The van der Waals surface area contributed by atoms with Gasteiger partial charge in [-0.2, -0.15) is 0 Å². The second kappa shape index (κ2) is 6.70. The highest BCUT2D eigenvalue weighted by Crippen LogP contribution is 2.14. The maximum Gasteiger partial charge on any atom is 0.139 e. The van der Waals surface area contributed by atoms with E-state index >= 15 is 0 Å². The Morgan fingerprint density at radius 1 is 1.50 bits per heavy atom. The number of nitrogens with two attached hydrogens (primary N) is 1. The predicted octanol–water partition coefficient (Wildman–Crippen LogP) is 0.539. The summed E-state index contributed by atoms with van der Waals surface area (Å²) in [6.45, 7) is 3.40. The lowest BCUT2D eigenvalue weighted by Crippen LogP contribution is -2.42. The highest BCUT2D eigenvalue weighted by molar-refractivity contribution is 5.79. The van der Waals surface area contributed by atoms with Crippen molar-refractivity contribution in [2.24, 2.45) is 10.9 Å². The van der Waals surface area contributed by atoms with E-state index in [2.05, 4.69) is 29.1 Å². The summed E-state index contributed by atoms with van der Waals surface area (Å²) < 4.78 is 0. The van der Waals surface area contributed by atoms with E-state index in [4.69, 9.17) is 10.9 Å². The molecule has 0 radical (unpaired) electrons. The molecule has 1 fully saturated rings. The van der Waals surface area contributed by atoms with Crippen LogP contribution in [-0.2, 0) is 0 Å². The molecule has 0 bridgehead atoms. The van der Waals surface area contributed by atoms with Crippen LogP contribution in [0.25, 0.3) is 0 Å². The molecule has 0 aliphatic carbocycles. The fraction of sp³-hybridized carbons (Fsp3) is 0.909. The third-order valence-corrected chi connectivity index (χ3v) is 3.38. The summed E-state index contributed by atoms with van der Waals surface area (Å²) in [5, 5.41) is 11.4. The van der Waals surface area contributed by atoms with Gasteiger partial charge in [0.25, 0.3) is 0 Å². The van der Waals surface area contributed by atoms with Gasteiger partial charge in [0, 0.05) is 12.5 Å². The van der Waals surface area contributed by atoms with Crippen molar-refractivity contribution in [1.29, 1.82) is 0 Å². The lowest BCUT2D eigenvalue weighted by atomic mass is 10.0. The number of amidine groups is 1. The first-order valence-electron chi connectivity index (χ1n) is 5.98. The molecule has 3 N–H and O–H groups in total. The molecule has 5 heteroatoms. The number of piperidine rings is 1. The van der Waals surface area contributed by atoms with Crippen molar-refractivity contribution < 1.29 is 5.21 Å². The van der Waals surface area contributed by atoms with Crippen molar-refractivity contribution in [2.45, 2.75) is 31.7 Å². The molecule has 5 nitrogen and oxygen atoms in total. The molecule has 1 aliphatic heterocycles. The van der Waals surface area contributed by atoms with Gasteiger partial charge in [0.2, 0.25) is 0 Å². The predicted molar refractivity (Wildman–Crippen MR) is 65.8 cm³/mol. The average molecular weight is 228 g/mol. The quantitative estimate of drug-likeness (QED) is 0.312. The van der Waals surface area contributed by atoms with Crippen LogP contribution in [0, 0.1) is 0 Å². The van der Waals surface area contributed by atoms with Crippen molar-refractivity contribution in [1.82, 2.24) is 9.80 Å². The number of nitrogens with zero attached hydrogens (tertiary/aromatic N) is 3. The molecule has 0 unspecified atom stereocenters. The van der Waals surface area contributed by atoms with Crippen LogP contribution in [-0.4, -0.2) is 60.6 Å². The Labute approximate surface area is 97.9 Å². The van der Waals surface area contributed by atoms with Gasteiger partial charge in [0.1, 0.15) is 5.84 Å². The molecule has 1 aliphatic rings. The van der Waals surface area contributed by atoms with Crippen LogP contribution >= 0.6 is 0 Å². The van der Waals surface area contributed by atoms with Crippen molar-refractivity contribution in [3.8, 4) is 0 Å². The minimum atomic E-state index is 0.330.